The van der Waals surface area contributed by atoms with Crippen LogP contribution in [0.5, 0.6) is 5.75 Å². The van der Waals surface area contributed by atoms with Gasteiger partial charge in [0.05, 0.1) is 30.8 Å². The van der Waals surface area contributed by atoms with Gasteiger partial charge in [-0.1, -0.05) is 12.1 Å². The van der Waals surface area contributed by atoms with Gasteiger partial charge in [-0.25, -0.2) is 18.0 Å². The van der Waals surface area contributed by atoms with Crippen molar-refractivity contribution in [1.29, 1.82) is 0 Å². The number of carbonyl (C=O) groups is 3. The predicted molar refractivity (Wildman–Crippen MR) is 118 cm³/mol. The summed E-state index contributed by atoms with van der Waals surface area (Å²) < 4.78 is 41.5. The number of benzene rings is 2. The van der Waals surface area contributed by atoms with E-state index in [2.05, 4.69) is 10.1 Å². The lowest BCUT2D eigenvalue weighted by molar-refractivity contribution is -0.124. The SMILES string of the molecule is COC(=O)c1ccc(CNC(=O)COC(=O)c2cc(S(=O)(=O)N3CCOCC3)ccc2O)cc1. The van der Waals surface area contributed by atoms with Gasteiger partial charge in [0.25, 0.3) is 5.91 Å². The highest BCUT2D eigenvalue weighted by atomic mass is 32.2. The van der Waals surface area contributed by atoms with Crippen LogP contribution in [-0.4, -0.2) is 75.7 Å². The second-order valence-corrected chi connectivity index (χ2v) is 9.17. The van der Waals surface area contributed by atoms with E-state index >= 15 is 0 Å². The molecule has 0 saturated carbocycles. The molecule has 1 aliphatic rings. The van der Waals surface area contributed by atoms with Crippen LogP contribution in [0.2, 0.25) is 0 Å². The van der Waals surface area contributed by atoms with E-state index in [0.717, 1.165) is 12.1 Å². The van der Waals surface area contributed by atoms with Crippen molar-refractivity contribution in [3.05, 3.63) is 59.2 Å². The summed E-state index contributed by atoms with van der Waals surface area (Å²) in [5.74, 6) is -2.61. The zero-order valence-corrected chi connectivity index (χ0v) is 19.2. The fourth-order valence-electron chi connectivity index (χ4n) is 3.11. The lowest BCUT2D eigenvalue weighted by atomic mass is 10.1. The van der Waals surface area contributed by atoms with E-state index in [0.29, 0.717) is 11.1 Å². The maximum atomic E-state index is 12.8. The number of sulfonamides is 1. The summed E-state index contributed by atoms with van der Waals surface area (Å²) in [6.07, 6.45) is 0. The molecule has 12 heteroatoms. The van der Waals surface area contributed by atoms with Crippen LogP contribution in [0, 0.1) is 0 Å². The number of esters is 2. The molecule has 2 aromatic carbocycles. The van der Waals surface area contributed by atoms with Crippen LogP contribution in [-0.2, 0) is 35.6 Å². The molecule has 3 rings (SSSR count). The molecule has 2 aromatic rings. The number of nitrogens with zero attached hydrogens (tertiary/aromatic N) is 1. The molecular formula is C22H24N2O9S. The zero-order chi connectivity index (χ0) is 24.7. The Bertz CT molecular complexity index is 1160. The first kappa shape index (κ1) is 25.1. The summed E-state index contributed by atoms with van der Waals surface area (Å²) in [7, 11) is -2.61. The Morgan fingerprint density at radius 1 is 1.06 bits per heavy atom. The Kier molecular flexibility index (Phi) is 8.21. The van der Waals surface area contributed by atoms with E-state index in [4.69, 9.17) is 9.47 Å². The largest absolute Gasteiger partial charge is 0.507 e. The highest BCUT2D eigenvalue weighted by Gasteiger charge is 2.28. The number of amides is 1. The fraction of sp³-hybridized carbons (Fsp3) is 0.318. The van der Waals surface area contributed by atoms with E-state index in [-0.39, 0.29) is 43.3 Å². The van der Waals surface area contributed by atoms with Crippen LogP contribution < -0.4 is 5.32 Å². The molecule has 0 aliphatic carbocycles. The van der Waals surface area contributed by atoms with Gasteiger partial charge in [0.15, 0.2) is 6.61 Å². The number of hydrogen-bond donors (Lipinski definition) is 2. The van der Waals surface area contributed by atoms with Crippen molar-refractivity contribution >= 4 is 27.9 Å². The van der Waals surface area contributed by atoms with Crippen molar-refractivity contribution in [3.8, 4) is 5.75 Å². The van der Waals surface area contributed by atoms with E-state index in [1.165, 1.54) is 17.5 Å². The lowest BCUT2D eigenvalue weighted by Gasteiger charge is -2.26. The highest BCUT2D eigenvalue weighted by Crippen LogP contribution is 2.25. The van der Waals surface area contributed by atoms with Gasteiger partial charge >= 0.3 is 11.9 Å². The maximum absolute atomic E-state index is 12.8. The smallest absolute Gasteiger partial charge is 0.342 e. The number of morpholine rings is 1. The maximum Gasteiger partial charge on any atom is 0.342 e. The van der Waals surface area contributed by atoms with Crippen molar-refractivity contribution in [3.63, 3.8) is 0 Å². The van der Waals surface area contributed by atoms with Crippen LogP contribution >= 0.6 is 0 Å². The van der Waals surface area contributed by atoms with Crippen LogP contribution in [0.1, 0.15) is 26.3 Å². The molecular weight excluding hydrogens is 468 g/mol. The van der Waals surface area contributed by atoms with Gasteiger partial charge in [-0.15, -0.1) is 0 Å². The first-order valence-electron chi connectivity index (χ1n) is 10.2. The molecule has 0 radical (unpaired) electrons. The Morgan fingerprint density at radius 2 is 1.74 bits per heavy atom. The Balaban J connectivity index is 1.57. The van der Waals surface area contributed by atoms with Crippen molar-refractivity contribution in [2.75, 3.05) is 40.0 Å². The van der Waals surface area contributed by atoms with Crippen molar-refractivity contribution in [2.45, 2.75) is 11.4 Å². The van der Waals surface area contributed by atoms with Crippen molar-refractivity contribution in [1.82, 2.24) is 9.62 Å². The zero-order valence-electron chi connectivity index (χ0n) is 18.4. The highest BCUT2D eigenvalue weighted by molar-refractivity contribution is 7.89. The molecule has 2 N–H and O–H groups in total. The Hall–Kier alpha value is -3.48. The molecule has 11 nitrogen and oxygen atoms in total. The quantitative estimate of drug-likeness (QED) is 0.507. The van der Waals surface area contributed by atoms with Crippen molar-refractivity contribution < 1.29 is 42.1 Å². The third-order valence-corrected chi connectivity index (χ3v) is 6.89. The predicted octanol–water partition coefficient (Wildman–Crippen LogP) is 0.673. The lowest BCUT2D eigenvalue weighted by Crippen LogP contribution is -2.40. The number of phenols is 1. The molecule has 0 unspecified atom stereocenters. The summed E-state index contributed by atoms with van der Waals surface area (Å²) in [4.78, 5) is 35.7. The van der Waals surface area contributed by atoms with Crippen LogP contribution in [0.4, 0.5) is 0 Å². The third kappa shape index (κ3) is 6.10. The number of nitrogens with one attached hydrogen (secondary N) is 1. The molecule has 1 heterocycles. The molecule has 0 aromatic heterocycles. The molecule has 182 valence electrons. The number of hydrogen-bond acceptors (Lipinski definition) is 9. The standard InChI is InChI=1S/C22H24N2O9S/c1-31-21(27)16-4-2-15(3-5-16)13-23-20(26)14-33-22(28)18-12-17(6-7-19(18)25)34(29,30)24-8-10-32-11-9-24/h2-7,12,25H,8-11,13-14H2,1H3,(H,23,26). The van der Waals surface area contributed by atoms with E-state index in [1.54, 1.807) is 24.3 Å². The summed E-state index contributed by atoms with van der Waals surface area (Å²) in [5, 5.41) is 12.6. The normalized spacial score (nSPS) is 14.3. The number of rotatable bonds is 8. The minimum Gasteiger partial charge on any atom is -0.507 e. The number of aromatic hydroxyl groups is 1. The van der Waals surface area contributed by atoms with Crippen LogP contribution in [0.15, 0.2) is 47.4 Å². The van der Waals surface area contributed by atoms with E-state index in [9.17, 15) is 27.9 Å². The van der Waals surface area contributed by atoms with Gasteiger partial charge in [-0.3, -0.25) is 4.79 Å². The van der Waals surface area contributed by atoms with Crippen LogP contribution in [0.3, 0.4) is 0 Å². The molecule has 1 fully saturated rings. The monoisotopic (exact) mass is 492 g/mol. The average Bonchev–Trinajstić information content (AvgIpc) is 2.86. The van der Waals surface area contributed by atoms with E-state index in [1.807, 2.05) is 0 Å². The number of carbonyl (C=O) groups excluding carboxylic acids is 3. The van der Waals surface area contributed by atoms with Gasteiger partial charge in [-0.05, 0) is 35.9 Å². The molecule has 1 saturated heterocycles. The summed E-state index contributed by atoms with van der Waals surface area (Å²) in [5.41, 5.74) is 0.690. The summed E-state index contributed by atoms with van der Waals surface area (Å²) in [6.45, 7) is 0.353. The van der Waals surface area contributed by atoms with Gasteiger partial charge in [0.1, 0.15) is 11.3 Å². The van der Waals surface area contributed by atoms with Gasteiger partial charge in [0, 0.05) is 19.6 Å². The second kappa shape index (κ2) is 11.1. The van der Waals surface area contributed by atoms with Crippen LogP contribution in [0.25, 0.3) is 0 Å². The topological polar surface area (TPSA) is 149 Å². The molecule has 34 heavy (non-hydrogen) atoms. The first-order valence-corrected chi connectivity index (χ1v) is 11.7. The summed E-state index contributed by atoms with van der Waals surface area (Å²) >= 11 is 0. The molecule has 0 atom stereocenters. The minimum absolute atomic E-state index is 0.121. The second-order valence-electron chi connectivity index (χ2n) is 7.24. The average molecular weight is 493 g/mol. The van der Waals surface area contributed by atoms with E-state index < -0.39 is 40.2 Å². The van der Waals surface area contributed by atoms with Crippen molar-refractivity contribution in [2.24, 2.45) is 0 Å². The molecule has 0 bridgehead atoms. The third-order valence-electron chi connectivity index (χ3n) is 4.99. The summed E-state index contributed by atoms with van der Waals surface area (Å²) in [6, 6.07) is 9.66. The molecule has 1 aliphatic heterocycles. The Labute approximate surface area is 196 Å². The van der Waals surface area contributed by atoms with Gasteiger partial charge in [0.2, 0.25) is 10.0 Å². The molecule has 1 amide bonds. The number of phenolic OH excluding ortho intramolecular Hbond substituents is 1. The number of ether oxygens (including phenoxy) is 3. The molecule has 0 spiro atoms. The minimum atomic E-state index is -3.89. The fourth-order valence-corrected chi connectivity index (χ4v) is 4.55. The Morgan fingerprint density at radius 3 is 2.38 bits per heavy atom. The number of methoxy groups -OCH3 is 1. The van der Waals surface area contributed by atoms with Gasteiger partial charge < -0.3 is 24.6 Å². The van der Waals surface area contributed by atoms with Gasteiger partial charge in [-0.2, -0.15) is 4.31 Å². The first-order chi connectivity index (χ1) is 16.2.